The lowest BCUT2D eigenvalue weighted by atomic mass is 10.0. The molecule has 0 bridgehead atoms. The van der Waals surface area contributed by atoms with E-state index in [1.54, 1.807) is 0 Å². The van der Waals surface area contributed by atoms with E-state index in [0.29, 0.717) is 6.04 Å². The molecule has 0 heterocycles. The molecule has 15 heavy (non-hydrogen) atoms. The number of rotatable bonds is 5. The second-order valence-electron chi connectivity index (χ2n) is 4.37. The molecule has 1 saturated carbocycles. The van der Waals surface area contributed by atoms with Crippen molar-refractivity contribution in [1.82, 2.24) is 5.43 Å². The van der Waals surface area contributed by atoms with E-state index in [4.69, 9.17) is 17.4 Å². The summed E-state index contributed by atoms with van der Waals surface area (Å²) >= 11 is 5.84. The Balaban J connectivity index is 1.89. The zero-order valence-electron chi connectivity index (χ0n) is 8.75. The van der Waals surface area contributed by atoms with Gasteiger partial charge in [-0.25, -0.2) is 0 Å². The summed E-state index contributed by atoms with van der Waals surface area (Å²) in [5, 5.41) is 0.790. The van der Waals surface area contributed by atoms with Crippen LogP contribution in [0, 0.1) is 5.92 Å². The maximum Gasteiger partial charge on any atom is 0.0406 e. The van der Waals surface area contributed by atoms with Gasteiger partial charge in [0, 0.05) is 11.1 Å². The summed E-state index contributed by atoms with van der Waals surface area (Å²) in [5.41, 5.74) is 4.20. The maximum absolute atomic E-state index is 5.84. The van der Waals surface area contributed by atoms with Crippen molar-refractivity contribution in [2.75, 3.05) is 0 Å². The summed E-state index contributed by atoms with van der Waals surface area (Å²) in [6.45, 7) is 0. The van der Waals surface area contributed by atoms with Gasteiger partial charge in [-0.2, -0.15) is 0 Å². The Labute approximate surface area is 95.8 Å². The number of nitrogens with two attached hydrogens (primary N) is 1. The Morgan fingerprint density at radius 2 is 2.00 bits per heavy atom. The average Bonchev–Trinajstić information content (AvgIpc) is 3.04. The van der Waals surface area contributed by atoms with Crippen LogP contribution in [-0.4, -0.2) is 6.04 Å². The second-order valence-corrected chi connectivity index (χ2v) is 4.81. The van der Waals surface area contributed by atoms with Gasteiger partial charge >= 0.3 is 0 Å². The predicted molar refractivity (Wildman–Crippen MR) is 63.6 cm³/mol. The largest absolute Gasteiger partial charge is 0.271 e. The summed E-state index contributed by atoms with van der Waals surface area (Å²) < 4.78 is 0. The normalized spacial score (nSPS) is 17.7. The van der Waals surface area contributed by atoms with Gasteiger partial charge in [-0.1, -0.05) is 36.6 Å². The van der Waals surface area contributed by atoms with Crippen molar-refractivity contribution < 1.29 is 0 Å². The van der Waals surface area contributed by atoms with Gasteiger partial charge in [0.25, 0.3) is 0 Å². The fourth-order valence-electron chi connectivity index (χ4n) is 1.87. The summed E-state index contributed by atoms with van der Waals surface area (Å²) in [7, 11) is 0. The van der Waals surface area contributed by atoms with Gasteiger partial charge in [-0.15, -0.1) is 0 Å². The van der Waals surface area contributed by atoms with Gasteiger partial charge in [0.2, 0.25) is 0 Å². The standard InChI is InChI=1S/C12H17ClN2/c13-11-5-3-10(4-6-11)8-12(15-14)7-9-1-2-9/h3-6,9,12,15H,1-2,7-8,14H2. The van der Waals surface area contributed by atoms with Crippen LogP contribution in [0.25, 0.3) is 0 Å². The Hall–Kier alpha value is -0.570. The number of hydrazine groups is 1. The maximum atomic E-state index is 5.84. The molecule has 0 aromatic heterocycles. The lowest BCUT2D eigenvalue weighted by Crippen LogP contribution is -2.37. The molecule has 3 heteroatoms. The van der Waals surface area contributed by atoms with Gasteiger partial charge in [0.15, 0.2) is 0 Å². The van der Waals surface area contributed by atoms with Crippen LogP contribution < -0.4 is 11.3 Å². The highest BCUT2D eigenvalue weighted by Gasteiger charge is 2.24. The number of nitrogens with one attached hydrogen (secondary N) is 1. The lowest BCUT2D eigenvalue weighted by Gasteiger charge is -2.15. The second kappa shape index (κ2) is 4.97. The molecule has 0 amide bonds. The van der Waals surface area contributed by atoms with E-state index >= 15 is 0 Å². The first-order valence-electron chi connectivity index (χ1n) is 5.48. The first kappa shape index (κ1) is 10.9. The molecule has 0 spiro atoms. The van der Waals surface area contributed by atoms with Crippen LogP contribution in [0.1, 0.15) is 24.8 Å². The molecule has 1 aromatic carbocycles. The molecule has 1 aliphatic rings. The Kier molecular flexibility index (Phi) is 3.62. The van der Waals surface area contributed by atoms with Crippen LogP contribution >= 0.6 is 11.6 Å². The Morgan fingerprint density at radius 1 is 1.33 bits per heavy atom. The minimum Gasteiger partial charge on any atom is -0.271 e. The third-order valence-corrected chi connectivity index (χ3v) is 3.20. The number of benzene rings is 1. The van der Waals surface area contributed by atoms with E-state index in [1.165, 1.54) is 24.8 Å². The molecule has 1 atom stereocenters. The molecule has 3 N–H and O–H groups in total. The van der Waals surface area contributed by atoms with Crippen LogP contribution in [0.5, 0.6) is 0 Å². The van der Waals surface area contributed by atoms with Crippen molar-refractivity contribution in [2.45, 2.75) is 31.7 Å². The molecule has 1 aromatic rings. The minimum atomic E-state index is 0.402. The highest BCUT2D eigenvalue weighted by Crippen LogP contribution is 2.33. The van der Waals surface area contributed by atoms with E-state index in [1.807, 2.05) is 12.1 Å². The molecule has 1 fully saturated rings. The third-order valence-electron chi connectivity index (χ3n) is 2.95. The van der Waals surface area contributed by atoms with Crippen LogP contribution in [-0.2, 0) is 6.42 Å². The summed E-state index contributed by atoms with van der Waals surface area (Å²) in [6, 6.07) is 8.40. The number of hydrogen-bond acceptors (Lipinski definition) is 2. The molecular formula is C12H17ClN2. The highest BCUT2D eigenvalue weighted by molar-refractivity contribution is 6.30. The number of hydrogen-bond donors (Lipinski definition) is 2. The molecular weight excluding hydrogens is 208 g/mol. The molecule has 82 valence electrons. The summed E-state index contributed by atoms with van der Waals surface area (Å²) in [5.74, 6) is 6.45. The topological polar surface area (TPSA) is 38.0 Å². The highest BCUT2D eigenvalue weighted by atomic mass is 35.5. The third kappa shape index (κ3) is 3.49. The smallest absolute Gasteiger partial charge is 0.0406 e. The molecule has 2 rings (SSSR count). The van der Waals surface area contributed by atoms with Gasteiger partial charge in [0.1, 0.15) is 0 Å². The summed E-state index contributed by atoms with van der Waals surface area (Å²) in [6.07, 6.45) is 4.93. The van der Waals surface area contributed by atoms with Crippen molar-refractivity contribution in [2.24, 2.45) is 11.8 Å². The molecule has 0 aliphatic heterocycles. The van der Waals surface area contributed by atoms with Crippen LogP contribution in [0.15, 0.2) is 24.3 Å². The van der Waals surface area contributed by atoms with Crippen molar-refractivity contribution >= 4 is 11.6 Å². The van der Waals surface area contributed by atoms with E-state index in [2.05, 4.69) is 17.6 Å². The van der Waals surface area contributed by atoms with E-state index in [-0.39, 0.29) is 0 Å². The van der Waals surface area contributed by atoms with E-state index in [9.17, 15) is 0 Å². The molecule has 1 aliphatic carbocycles. The Morgan fingerprint density at radius 3 is 2.53 bits per heavy atom. The average molecular weight is 225 g/mol. The first-order chi connectivity index (χ1) is 7.28. The quantitative estimate of drug-likeness (QED) is 0.596. The molecule has 2 nitrogen and oxygen atoms in total. The SMILES string of the molecule is NNC(Cc1ccc(Cl)cc1)CC1CC1. The first-order valence-corrected chi connectivity index (χ1v) is 5.86. The van der Waals surface area contributed by atoms with Gasteiger partial charge < -0.3 is 0 Å². The van der Waals surface area contributed by atoms with Crippen LogP contribution in [0.2, 0.25) is 5.02 Å². The van der Waals surface area contributed by atoms with Gasteiger partial charge in [-0.05, 0) is 36.5 Å². The zero-order valence-corrected chi connectivity index (χ0v) is 9.50. The van der Waals surface area contributed by atoms with Gasteiger partial charge in [0.05, 0.1) is 0 Å². The fraction of sp³-hybridized carbons (Fsp3) is 0.500. The molecule has 0 radical (unpaired) electrons. The van der Waals surface area contributed by atoms with Gasteiger partial charge in [-0.3, -0.25) is 11.3 Å². The fourth-order valence-corrected chi connectivity index (χ4v) is 2.00. The van der Waals surface area contributed by atoms with Crippen molar-refractivity contribution in [1.29, 1.82) is 0 Å². The lowest BCUT2D eigenvalue weighted by molar-refractivity contribution is 0.466. The van der Waals surface area contributed by atoms with Crippen molar-refractivity contribution in [3.8, 4) is 0 Å². The predicted octanol–water partition coefficient (Wildman–Crippen LogP) is 2.51. The van der Waals surface area contributed by atoms with E-state index < -0.39 is 0 Å². The molecule has 0 saturated heterocycles. The zero-order chi connectivity index (χ0) is 10.7. The summed E-state index contributed by atoms with van der Waals surface area (Å²) in [4.78, 5) is 0. The monoisotopic (exact) mass is 224 g/mol. The Bertz CT molecular complexity index is 306. The molecule has 1 unspecified atom stereocenters. The number of halogens is 1. The van der Waals surface area contributed by atoms with E-state index in [0.717, 1.165) is 17.4 Å². The van der Waals surface area contributed by atoms with Crippen LogP contribution in [0.4, 0.5) is 0 Å². The van der Waals surface area contributed by atoms with Crippen molar-refractivity contribution in [3.05, 3.63) is 34.9 Å². The van der Waals surface area contributed by atoms with Crippen LogP contribution in [0.3, 0.4) is 0 Å². The minimum absolute atomic E-state index is 0.402. The van der Waals surface area contributed by atoms with Crippen molar-refractivity contribution in [3.63, 3.8) is 0 Å².